The van der Waals surface area contributed by atoms with E-state index in [9.17, 15) is 0 Å². The van der Waals surface area contributed by atoms with E-state index in [1.165, 1.54) is 37.2 Å². The van der Waals surface area contributed by atoms with Gasteiger partial charge in [0, 0.05) is 24.0 Å². The Hall–Kier alpha value is -0.480. The minimum Gasteiger partial charge on any atom is -0.292 e. The van der Waals surface area contributed by atoms with Crippen LogP contribution in [-0.4, -0.2) is 26.6 Å². The minimum absolute atomic E-state index is 0.749. The highest BCUT2D eigenvalue weighted by Crippen LogP contribution is 2.40. The van der Waals surface area contributed by atoms with Crippen molar-refractivity contribution in [1.82, 2.24) is 14.5 Å². The lowest BCUT2D eigenvalue weighted by molar-refractivity contribution is 0.168. The highest BCUT2D eigenvalue weighted by molar-refractivity contribution is 7.03. The number of aromatic nitrogens is 2. The van der Waals surface area contributed by atoms with Gasteiger partial charge in [-0.15, -0.1) is 5.10 Å². The lowest BCUT2D eigenvalue weighted by Gasteiger charge is -2.28. The van der Waals surface area contributed by atoms with E-state index in [4.69, 9.17) is 0 Å². The lowest BCUT2D eigenvalue weighted by Crippen LogP contribution is -2.36. The van der Waals surface area contributed by atoms with Crippen LogP contribution in [0.2, 0.25) is 0 Å². The molecule has 0 N–H and O–H groups in total. The van der Waals surface area contributed by atoms with Gasteiger partial charge in [-0.2, -0.15) is 0 Å². The molecule has 0 saturated heterocycles. The molecule has 0 spiro atoms. The van der Waals surface area contributed by atoms with Crippen molar-refractivity contribution in [3.63, 3.8) is 0 Å². The average molecular weight is 223 g/mol. The largest absolute Gasteiger partial charge is 0.292 e. The summed E-state index contributed by atoms with van der Waals surface area (Å²) in [6.07, 6.45) is 5.63. The quantitative estimate of drug-likeness (QED) is 0.767. The Morgan fingerprint density at radius 1 is 1.47 bits per heavy atom. The Morgan fingerprint density at radius 3 is 2.80 bits per heavy atom. The van der Waals surface area contributed by atoms with Crippen molar-refractivity contribution in [3.8, 4) is 0 Å². The molecule has 1 unspecified atom stereocenters. The van der Waals surface area contributed by atoms with Crippen LogP contribution in [0.15, 0.2) is 5.38 Å². The summed E-state index contributed by atoms with van der Waals surface area (Å²) in [7, 11) is 0. The zero-order valence-electron chi connectivity index (χ0n) is 9.09. The summed E-state index contributed by atoms with van der Waals surface area (Å²) in [5.74, 6) is 0.956. The third kappa shape index (κ3) is 2.21. The van der Waals surface area contributed by atoms with Crippen LogP contribution in [0, 0.1) is 5.92 Å². The highest BCUT2D eigenvalue weighted by atomic mass is 32.1. The maximum atomic E-state index is 4.16. The van der Waals surface area contributed by atoms with Crippen molar-refractivity contribution >= 4 is 11.5 Å². The second-order valence-electron chi connectivity index (χ2n) is 4.88. The molecule has 1 atom stereocenters. The van der Waals surface area contributed by atoms with E-state index in [-0.39, 0.29) is 0 Å². The summed E-state index contributed by atoms with van der Waals surface area (Å²) in [4.78, 5) is 2.65. The molecule has 82 valence electrons. The number of nitrogens with zero attached hydrogens (tertiary/aromatic N) is 3. The second kappa shape index (κ2) is 3.83. The van der Waals surface area contributed by atoms with Gasteiger partial charge < -0.3 is 0 Å². The normalized spacial score (nSPS) is 23.3. The van der Waals surface area contributed by atoms with E-state index in [0.29, 0.717) is 0 Å². The average Bonchev–Trinajstić information content (AvgIpc) is 3.13. The van der Waals surface area contributed by atoms with E-state index in [2.05, 4.69) is 26.8 Å². The first-order valence-corrected chi connectivity index (χ1v) is 6.70. The summed E-state index contributed by atoms with van der Waals surface area (Å²) < 4.78 is 3.94. The van der Waals surface area contributed by atoms with E-state index >= 15 is 0 Å². The van der Waals surface area contributed by atoms with Crippen LogP contribution in [0.4, 0.5) is 0 Å². The molecule has 0 radical (unpaired) electrons. The van der Waals surface area contributed by atoms with Crippen LogP contribution < -0.4 is 0 Å². The van der Waals surface area contributed by atoms with Gasteiger partial charge in [0.2, 0.25) is 0 Å². The third-order valence-corrected chi connectivity index (χ3v) is 4.15. The molecule has 0 amide bonds. The molecular weight excluding hydrogens is 206 g/mol. The van der Waals surface area contributed by atoms with Crippen molar-refractivity contribution in [1.29, 1.82) is 0 Å². The van der Waals surface area contributed by atoms with Crippen LogP contribution in [0.3, 0.4) is 0 Å². The molecule has 0 aliphatic heterocycles. The summed E-state index contributed by atoms with van der Waals surface area (Å²) in [5, 5.41) is 6.23. The van der Waals surface area contributed by atoms with Crippen LogP contribution in [-0.2, 0) is 6.54 Å². The monoisotopic (exact) mass is 223 g/mol. The molecule has 0 aromatic carbocycles. The van der Waals surface area contributed by atoms with Crippen LogP contribution in [0.1, 0.15) is 38.3 Å². The predicted molar refractivity (Wildman–Crippen MR) is 60.7 cm³/mol. The van der Waals surface area contributed by atoms with Crippen molar-refractivity contribution < 1.29 is 0 Å². The van der Waals surface area contributed by atoms with Gasteiger partial charge >= 0.3 is 0 Å². The van der Waals surface area contributed by atoms with Crippen LogP contribution >= 0.6 is 11.5 Å². The van der Waals surface area contributed by atoms with Crippen LogP contribution in [0.5, 0.6) is 0 Å². The third-order valence-electron chi connectivity index (χ3n) is 3.59. The van der Waals surface area contributed by atoms with Gasteiger partial charge in [0.25, 0.3) is 0 Å². The van der Waals surface area contributed by atoms with Gasteiger partial charge in [0.1, 0.15) is 0 Å². The first kappa shape index (κ1) is 9.73. The topological polar surface area (TPSA) is 29.0 Å². The molecule has 4 heteroatoms. The van der Waals surface area contributed by atoms with Gasteiger partial charge in [-0.3, -0.25) is 4.90 Å². The first-order chi connectivity index (χ1) is 7.34. The fraction of sp³-hybridized carbons (Fsp3) is 0.818. The lowest BCUT2D eigenvalue weighted by atomic mass is 10.1. The molecule has 0 bridgehead atoms. The van der Waals surface area contributed by atoms with E-state index in [1.54, 1.807) is 0 Å². The zero-order chi connectivity index (χ0) is 10.3. The van der Waals surface area contributed by atoms with Crippen molar-refractivity contribution in [2.45, 2.75) is 51.2 Å². The van der Waals surface area contributed by atoms with Crippen molar-refractivity contribution in [3.05, 3.63) is 11.1 Å². The number of rotatable bonds is 5. The highest BCUT2D eigenvalue weighted by Gasteiger charge is 2.39. The van der Waals surface area contributed by atoms with Gasteiger partial charge in [-0.1, -0.05) is 4.49 Å². The Labute approximate surface area is 94.7 Å². The molecule has 3 rings (SSSR count). The maximum absolute atomic E-state index is 4.16. The van der Waals surface area contributed by atoms with Crippen molar-refractivity contribution in [2.24, 2.45) is 5.92 Å². The second-order valence-corrected chi connectivity index (χ2v) is 5.49. The molecule has 2 saturated carbocycles. The molecule has 2 aliphatic carbocycles. The van der Waals surface area contributed by atoms with E-state index in [0.717, 1.165) is 30.2 Å². The summed E-state index contributed by atoms with van der Waals surface area (Å²) >= 11 is 1.46. The smallest absolute Gasteiger partial charge is 0.0895 e. The minimum atomic E-state index is 0.749. The number of hydrogen-bond donors (Lipinski definition) is 0. The molecule has 1 heterocycles. The van der Waals surface area contributed by atoms with Gasteiger partial charge in [0.15, 0.2) is 0 Å². The molecular formula is C11H17N3S. The van der Waals surface area contributed by atoms with Gasteiger partial charge in [-0.25, -0.2) is 0 Å². The summed E-state index contributed by atoms with van der Waals surface area (Å²) in [6, 6.07) is 1.58. The van der Waals surface area contributed by atoms with E-state index in [1.807, 2.05) is 0 Å². The van der Waals surface area contributed by atoms with E-state index < -0.39 is 0 Å². The molecule has 15 heavy (non-hydrogen) atoms. The summed E-state index contributed by atoms with van der Waals surface area (Å²) in [5.41, 5.74) is 1.15. The fourth-order valence-electron chi connectivity index (χ4n) is 2.30. The fourth-order valence-corrected chi connectivity index (χ4v) is 2.74. The Morgan fingerprint density at radius 2 is 2.27 bits per heavy atom. The maximum Gasteiger partial charge on any atom is 0.0895 e. The Balaban J connectivity index is 1.67. The number of hydrogen-bond acceptors (Lipinski definition) is 4. The first-order valence-electron chi connectivity index (χ1n) is 5.86. The molecule has 2 fully saturated rings. The Bertz CT molecular complexity index is 317. The van der Waals surface area contributed by atoms with Crippen LogP contribution in [0.25, 0.3) is 0 Å². The van der Waals surface area contributed by atoms with Crippen molar-refractivity contribution in [2.75, 3.05) is 0 Å². The SMILES string of the molecule is CC(C1CC1)N(Cc1csnn1)C1CC1. The molecule has 1 aromatic rings. The Kier molecular flexibility index (Phi) is 2.48. The summed E-state index contributed by atoms with van der Waals surface area (Å²) in [6.45, 7) is 3.40. The standard InChI is InChI=1S/C11H17N3S/c1-8(9-2-3-9)14(11-4-5-11)6-10-7-15-13-12-10/h7-9,11H,2-6H2,1H3. The molecule has 1 aromatic heterocycles. The van der Waals surface area contributed by atoms with Gasteiger partial charge in [0.05, 0.1) is 5.69 Å². The van der Waals surface area contributed by atoms with Gasteiger partial charge in [-0.05, 0) is 50.1 Å². The molecule has 3 nitrogen and oxygen atoms in total. The molecule has 2 aliphatic rings. The predicted octanol–water partition coefficient (Wildman–Crippen LogP) is 2.30. The zero-order valence-corrected chi connectivity index (χ0v) is 9.91.